The lowest BCUT2D eigenvalue weighted by atomic mass is 9.95. The molecule has 1 aliphatic carbocycles. The summed E-state index contributed by atoms with van der Waals surface area (Å²) in [5.74, 6) is 7.19. The molecular formula is C30H38N6OS. The summed E-state index contributed by atoms with van der Waals surface area (Å²) in [6.45, 7) is 8.86. The fourth-order valence-electron chi connectivity index (χ4n) is 6.10. The molecule has 4 N–H and O–H groups in total. The van der Waals surface area contributed by atoms with Gasteiger partial charge in [0.05, 0.1) is 21.8 Å². The van der Waals surface area contributed by atoms with E-state index in [-0.39, 0.29) is 5.54 Å². The van der Waals surface area contributed by atoms with Gasteiger partial charge in [0, 0.05) is 31.9 Å². The van der Waals surface area contributed by atoms with Gasteiger partial charge in [-0.05, 0) is 98.9 Å². The largest absolute Gasteiger partial charge is 0.397 e. The Kier molecular flexibility index (Phi) is 6.45. The van der Waals surface area contributed by atoms with Gasteiger partial charge >= 0.3 is 0 Å². The minimum Gasteiger partial charge on any atom is -0.397 e. The lowest BCUT2D eigenvalue weighted by molar-refractivity contribution is 0.330. The van der Waals surface area contributed by atoms with E-state index in [1.54, 1.807) is 0 Å². The molecule has 3 heterocycles. The molecule has 2 aromatic carbocycles. The molecule has 0 spiro atoms. The third-order valence-electron chi connectivity index (χ3n) is 8.67. The van der Waals surface area contributed by atoms with Crippen molar-refractivity contribution in [1.29, 1.82) is 0 Å². The van der Waals surface area contributed by atoms with Crippen LogP contribution >= 0.6 is 0 Å². The molecule has 0 radical (unpaired) electrons. The van der Waals surface area contributed by atoms with Gasteiger partial charge in [-0.1, -0.05) is 24.3 Å². The van der Waals surface area contributed by atoms with Gasteiger partial charge in [0.2, 0.25) is 0 Å². The maximum atomic E-state index is 13.9. The number of hydrogen-bond donors (Lipinski definition) is 2. The van der Waals surface area contributed by atoms with E-state index in [9.17, 15) is 4.21 Å². The van der Waals surface area contributed by atoms with Crippen LogP contribution in [0.15, 0.2) is 53.6 Å². The molecule has 2 atom stereocenters. The number of nitrogen functional groups attached to an aromatic ring is 1. The number of hydrogen-bond acceptors (Lipinski definition) is 6. The highest BCUT2D eigenvalue weighted by Gasteiger charge is 2.44. The Hall–Kier alpha value is -2.94. The first-order valence-corrected chi connectivity index (χ1v) is 14.8. The average Bonchev–Trinajstić information content (AvgIpc) is 3.70. The standard InChI is InChI=1S/C30H38N6OS/c1-20-7-8-22(16-23-9-12-26(28(31)21(23)2)36(32)25-10-11-25)17-24(20)18-34-19-30(3)13-5-15-35(30)29-27(38(34)37)6-4-14-33-29/h4,6-9,12,14,17,25H,5,10-11,13,15-16,18-19,31-32H2,1-3H3. The lowest BCUT2D eigenvalue weighted by Crippen LogP contribution is -2.48. The second-order valence-corrected chi connectivity index (χ2v) is 12.9. The van der Waals surface area contributed by atoms with Gasteiger partial charge in [-0.2, -0.15) is 0 Å². The quantitative estimate of drug-likeness (QED) is 0.275. The van der Waals surface area contributed by atoms with E-state index in [2.05, 4.69) is 65.3 Å². The normalized spacial score (nSPS) is 23.2. The average molecular weight is 531 g/mol. The van der Waals surface area contributed by atoms with Crippen molar-refractivity contribution in [2.75, 3.05) is 28.7 Å². The molecule has 1 aromatic heterocycles. The molecule has 6 rings (SSSR count). The molecule has 3 aromatic rings. The van der Waals surface area contributed by atoms with E-state index in [1.807, 2.05) is 23.3 Å². The summed E-state index contributed by atoms with van der Waals surface area (Å²) >= 11 is 0. The van der Waals surface area contributed by atoms with Crippen molar-refractivity contribution in [2.45, 2.75) is 75.9 Å². The van der Waals surface area contributed by atoms with Gasteiger partial charge < -0.3 is 15.6 Å². The van der Waals surface area contributed by atoms with Crippen molar-refractivity contribution < 1.29 is 4.21 Å². The highest BCUT2D eigenvalue weighted by atomic mass is 32.2. The number of nitrogens with zero attached hydrogens (tertiary/aromatic N) is 4. The molecule has 2 aliphatic heterocycles. The van der Waals surface area contributed by atoms with Crippen molar-refractivity contribution >= 4 is 28.2 Å². The van der Waals surface area contributed by atoms with Crippen molar-refractivity contribution in [1.82, 2.24) is 9.29 Å². The monoisotopic (exact) mass is 530 g/mol. The van der Waals surface area contributed by atoms with Crippen molar-refractivity contribution in [3.05, 3.63) is 76.5 Å². The van der Waals surface area contributed by atoms with E-state index < -0.39 is 11.0 Å². The van der Waals surface area contributed by atoms with Crippen molar-refractivity contribution in [3.63, 3.8) is 0 Å². The molecule has 38 heavy (non-hydrogen) atoms. The molecule has 1 saturated carbocycles. The SMILES string of the molecule is Cc1ccc(Cc2ccc(N(N)C3CC3)c(N)c2C)cc1CN1CC2(C)CCCN2c2ncccc2S1=O. The van der Waals surface area contributed by atoms with Crippen LogP contribution < -0.4 is 21.5 Å². The number of aryl methyl sites for hydroxylation is 1. The first-order chi connectivity index (χ1) is 18.2. The van der Waals surface area contributed by atoms with Crippen molar-refractivity contribution in [3.8, 4) is 0 Å². The summed E-state index contributed by atoms with van der Waals surface area (Å²) in [5.41, 5.74) is 14.1. The Morgan fingerprint density at radius 2 is 1.97 bits per heavy atom. The van der Waals surface area contributed by atoms with Crippen LogP contribution in [-0.4, -0.2) is 38.2 Å². The number of pyridine rings is 1. The Labute approximate surface area is 228 Å². The van der Waals surface area contributed by atoms with Gasteiger partial charge in [-0.25, -0.2) is 19.3 Å². The minimum absolute atomic E-state index is 0.0749. The highest BCUT2D eigenvalue weighted by Crippen LogP contribution is 2.41. The topological polar surface area (TPSA) is 91.7 Å². The van der Waals surface area contributed by atoms with Crippen molar-refractivity contribution in [2.24, 2.45) is 5.84 Å². The van der Waals surface area contributed by atoms with E-state index in [1.165, 1.54) is 22.3 Å². The predicted octanol–water partition coefficient (Wildman–Crippen LogP) is 4.61. The first-order valence-electron chi connectivity index (χ1n) is 13.6. The number of fused-ring (bicyclic) bond motifs is 3. The second-order valence-electron chi connectivity index (χ2n) is 11.5. The molecule has 2 unspecified atom stereocenters. The number of hydrazine groups is 1. The molecule has 1 saturated heterocycles. The number of nitrogens with two attached hydrogens (primary N) is 2. The molecule has 3 aliphatic rings. The fourth-order valence-corrected chi connectivity index (χ4v) is 7.55. The van der Waals surface area contributed by atoms with Crippen LogP contribution in [0.5, 0.6) is 0 Å². The molecule has 7 nitrogen and oxygen atoms in total. The second kappa shape index (κ2) is 9.67. The maximum Gasteiger partial charge on any atom is 0.146 e. The van der Waals surface area contributed by atoms with Crippen LogP contribution in [-0.2, 0) is 24.0 Å². The van der Waals surface area contributed by atoms with Gasteiger partial charge in [0.1, 0.15) is 16.8 Å². The Balaban J connectivity index is 1.27. The van der Waals surface area contributed by atoms with E-state index >= 15 is 0 Å². The summed E-state index contributed by atoms with van der Waals surface area (Å²) < 4.78 is 16.0. The first kappa shape index (κ1) is 25.3. The lowest BCUT2D eigenvalue weighted by Gasteiger charge is -2.36. The summed E-state index contributed by atoms with van der Waals surface area (Å²) in [4.78, 5) is 7.87. The minimum atomic E-state index is -1.28. The zero-order valence-electron chi connectivity index (χ0n) is 22.6. The van der Waals surface area contributed by atoms with Crippen LogP contribution in [0.4, 0.5) is 17.2 Å². The smallest absolute Gasteiger partial charge is 0.146 e. The van der Waals surface area contributed by atoms with Crippen LogP contribution in [0.2, 0.25) is 0 Å². The molecule has 8 heteroatoms. The van der Waals surface area contributed by atoms with Gasteiger partial charge in [-0.15, -0.1) is 0 Å². The Morgan fingerprint density at radius 3 is 2.76 bits per heavy atom. The Bertz CT molecular complexity index is 1410. The zero-order valence-corrected chi connectivity index (χ0v) is 23.4. The Morgan fingerprint density at radius 1 is 1.16 bits per heavy atom. The number of benzene rings is 2. The summed E-state index contributed by atoms with van der Waals surface area (Å²) in [6, 6.07) is 15.2. The molecule has 0 amide bonds. The van der Waals surface area contributed by atoms with E-state index in [4.69, 9.17) is 11.6 Å². The number of anilines is 3. The van der Waals surface area contributed by atoms with Gasteiger partial charge in [0.25, 0.3) is 0 Å². The molecular weight excluding hydrogens is 492 g/mol. The number of aromatic nitrogens is 1. The zero-order chi connectivity index (χ0) is 26.6. The molecule has 200 valence electrons. The summed E-state index contributed by atoms with van der Waals surface area (Å²) in [5, 5.41) is 1.83. The van der Waals surface area contributed by atoms with Crippen LogP contribution in [0.3, 0.4) is 0 Å². The van der Waals surface area contributed by atoms with Crippen LogP contribution in [0.25, 0.3) is 0 Å². The van der Waals surface area contributed by atoms with E-state index in [0.29, 0.717) is 12.6 Å². The van der Waals surface area contributed by atoms with Crippen LogP contribution in [0.1, 0.15) is 60.4 Å². The summed E-state index contributed by atoms with van der Waals surface area (Å²) in [6.07, 6.45) is 7.07. The van der Waals surface area contributed by atoms with Gasteiger partial charge in [0.15, 0.2) is 0 Å². The highest BCUT2D eigenvalue weighted by molar-refractivity contribution is 7.82. The summed E-state index contributed by atoms with van der Waals surface area (Å²) in [7, 11) is -1.28. The predicted molar refractivity (Wildman–Crippen MR) is 155 cm³/mol. The van der Waals surface area contributed by atoms with E-state index in [0.717, 1.165) is 72.8 Å². The third-order valence-corrected chi connectivity index (χ3v) is 10.1. The van der Waals surface area contributed by atoms with Gasteiger partial charge in [-0.3, -0.25) is 0 Å². The molecule has 2 fully saturated rings. The third kappa shape index (κ3) is 4.48. The maximum absolute atomic E-state index is 13.9. The fraction of sp³-hybridized carbons (Fsp3) is 0.433. The van der Waals surface area contributed by atoms with Crippen LogP contribution in [0, 0.1) is 13.8 Å². The molecule has 0 bridgehead atoms. The number of rotatable bonds is 6.